The van der Waals surface area contributed by atoms with Crippen LogP contribution in [0.5, 0.6) is 0 Å². The summed E-state index contributed by atoms with van der Waals surface area (Å²) in [5.41, 5.74) is 8.22. The normalized spacial score (nSPS) is 13.0. The molecule has 0 aliphatic heterocycles. The van der Waals surface area contributed by atoms with E-state index in [9.17, 15) is 0 Å². The highest BCUT2D eigenvalue weighted by Crippen LogP contribution is 2.27. The van der Waals surface area contributed by atoms with E-state index in [1.807, 2.05) is 19.1 Å². The van der Waals surface area contributed by atoms with Gasteiger partial charge < -0.3 is 10.2 Å². The lowest BCUT2D eigenvalue weighted by Gasteiger charge is -2.06. The Kier molecular flexibility index (Phi) is 3.34. The Morgan fingerprint density at radius 2 is 1.82 bits per heavy atom. The van der Waals surface area contributed by atoms with E-state index in [0.717, 1.165) is 17.1 Å². The fraction of sp³-hybridized carbons (Fsp3) is 0.333. The molecule has 17 heavy (non-hydrogen) atoms. The lowest BCUT2D eigenvalue weighted by molar-refractivity contribution is 0.491. The molecule has 0 radical (unpaired) electrons. The second-order valence-corrected chi connectivity index (χ2v) is 4.77. The first-order chi connectivity index (χ1) is 8.08. The molecule has 0 aliphatic rings. The number of hydrogen-bond donors (Lipinski definition) is 1. The average Bonchev–Trinajstić information content (AvgIpc) is 2.78. The fourth-order valence-electron chi connectivity index (χ4n) is 1.80. The van der Waals surface area contributed by atoms with Crippen LogP contribution in [0.25, 0.3) is 11.3 Å². The van der Waals surface area contributed by atoms with Crippen LogP contribution in [0.2, 0.25) is 0 Å². The molecular weight excluding hydrogens is 210 g/mol. The molecule has 1 aromatic carbocycles. The van der Waals surface area contributed by atoms with Crippen LogP contribution in [0.15, 0.2) is 40.8 Å². The van der Waals surface area contributed by atoms with Gasteiger partial charge in [0.05, 0.1) is 6.04 Å². The molecule has 0 saturated carbocycles. The quantitative estimate of drug-likeness (QED) is 0.861. The van der Waals surface area contributed by atoms with E-state index in [4.69, 9.17) is 10.2 Å². The third-order valence-electron chi connectivity index (χ3n) is 2.91. The van der Waals surface area contributed by atoms with Gasteiger partial charge in [0.15, 0.2) is 0 Å². The van der Waals surface area contributed by atoms with Crippen LogP contribution in [0.1, 0.15) is 44.1 Å². The van der Waals surface area contributed by atoms with Gasteiger partial charge in [0.1, 0.15) is 11.5 Å². The van der Waals surface area contributed by atoms with E-state index in [1.54, 1.807) is 0 Å². The number of rotatable bonds is 3. The zero-order valence-corrected chi connectivity index (χ0v) is 10.6. The molecule has 2 heteroatoms. The maximum Gasteiger partial charge on any atom is 0.134 e. The van der Waals surface area contributed by atoms with Gasteiger partial charge in [-0.3, -0.25) is 0 Å². The number of furan rings is 1. The Morgan fingerprint density at radius 3 is 2.41 bits per heavy atom. The predicted molar refractivity (Wildman–Crippen MR) is 70.8 cm³/mol. The Bertz CT molecular complexity index is 497. The predicted octanol–water partition coefficient (Wildman–Crippen LogP) is 4.09. The smallest absolute Gasteiger partial charge is 0.134 e. The molecule has 1 aromatic heterocycles. The standard InChI is InChI=1S/C15H19NO/c1-10(2)12-5-4-6-13(9-12)15-8-7-14(17-15)11(3)16/h4-11H,16H2,1-3H3. The Balaban J connectivity index is 2.35. The van der Waals surface area contributed by atoms with Crippen LogP contribution in [0, 0.1) is 0 Å². The summed E-state index contributed by atoms with van der Waals surface area (Å²) in [5, 5.41) is 0. The highest BCUT2D eigenvalue weighted by molar-refractivity contribution is 5.59. The summed E-state index contributed by atoms with van der Waals surface area (Å²) in [7, 11) is 0. The molecule has 1 unspecified atom stereocenters. The monoisotopic (exact) mass is 229 g/mol. The fourth-order valence-corrected chi connectivity index (χ4v) is 1.80. The molecule has 1 heterocycles. The molecule has 0 bridgehead atoms. The van der Waals surface area contributed by atoms with Gasteiger partial charge in [-0.05, 0) is 36.6 Å². The van der Waals surface area contributed by atoms with Crippen molar-refractivity contribution in [3.8, 4) is 11.3 Å². The van der Waals surface area contributed by atoms with Crippen molar-refractivity contribution < 1.29 is 4.42 Å². The van der Waals surface area contributed by atoms with Crippen molar-refractivity contribution in [3.63, 3.8) is 0 Å². The van der Waals surface area contributed by atoms with Gasteiger partial charge in [-0.25, -0.2) is 0 Å². The van der Waals surface area contributed by atoms with Crippen LogP contribution in [0.4, 0.5) is 0 Å². The first-order valence-corrected chi connectivity index (χ1v) is 6.03. The van der Waals surface area contributed by atoms with Crippen LogP contribution in [-0.2, 0) is 0 Å². The molecule has 2 rings (SSSR count). The molecule has 2 nitrogen and oxygen atoms in total. The van der Waals surface area contributed by atoms with Gasteiger partial charge in [0, 0.05) is 5.56 Å². The zero-order valence-electron chi connectivity index (χ0n) is 10.6. The minimum Gasteiger partial charge on any atom is -0.459 e. The molecule has 1 atom stereocenters. The van der Waals surface area contributed by atoms with Crippen molar-refractivity contribution in [1.82, 2.24) is 0 Å². The molecule has 90 valence electrons. The first-order valence-electron chi connectivity index (χ1n) is 6.03. The summed E-state index contributed by atoms with van der Waals surface area (Å²) < 4.78 is 5.74. The summed E-state index contributed by atoms with van der Waals surface area (Å²) in [6.07, 6.45) is 0. The molecule has 0 spiro atoms. The second kappa shape index (κ2) is 4.76. The highest BCUT2D eigenvalue weighted by atomic mass is 16.3. The Hall–Kier alpha value is -1.54. The van der Waals surface area contributed by atoms with Gasteiger partial charge >= 0.3 is 0 Å². The summed E-state index contributed by atoms with van der Waals surface area (Å²) in [6, 6.07) is 12.3. The van der Waals surface area contributed by atoms with Gasteiger partial charge in [-0.15, -0.1) is 0 Å². The maximum absolute atomic E-state index is 5.79. The molecule has 2 N–H and O–H groups in total. The van der Waals surface area contributed by atoms with E-state index in [2.05, 4.69) is 38.1 Å². The zero-order chi connectivity index (χ0) is 12.4. The van der Waals surface area contributed by atoms with Crippen LogP contribution in [-0.4, -0.2) is 0 Å². The molecule has 0 fully saturated rings. The minimum atomic E-state index is -0.0583. The van der Waals surface area contributed by atoms with Crippen molar-refractivity contribution in [2.24, 2.45) is 5.73 Å². The molecule has 0 aliphatic carbocycles. The Morgan fingerprint density at radius 1 is 1.06 bits per heavy atom. The number of hydrogen-bond acceptors (Lipinski definition) is 2. The van der Waals surface area contributed by atoms with Gasteiger partial charge in [-0.1, -0.05) is 32.0 Å². The topological polar surface area (TPSA) is 39.2 Å². The summed E-state index contributed by atoms with van der Waals surface area (Å²) >= 11 is 0. The van der Waals surface area contributed by atoms with Crippen molar-refractivity contribution in [2.75, 3.05) is 0 Å². The minimum absolute atomic E-state index is 0.0583. The molecule has 2 aromatic rings. The van der Waals surface area contributed by atoms with E-state index < -0.39 is 0 Å². The summed E-state index contributed by atoms with van der Waals surface area (Å²) in [4.78, 5) is 0. The highest BCUT2D eigenvalue weighted by Gasteiger charge is 2.08. The number of benzene rings is 1. The maximum atomic E-state index is 5.79. The third kappa shape index (κ3) is 2.59. The third-order valence-corrected chi connectivity index (χ3v) is 2.91. The van der Waals surface area contributed by atoms with Crippen LogP contribution >= 0.6 is 0 Å². The second-order valence-electron chi connectivity index (χ2n) is 4.77. The SMILES string of the molecule is CC(C)c1cccc(-c2ccc(C(C)N)o2)c1. The van der Waals surface area contributed by atoms with Crippen molar-refractivity contribution in [2.45, 2.75) is 32.7 Å². The number of nitrogens with two attached hydrogens (primary N) is 1. The summed E-state index contributed by atoms with van der Waals surface area (Å²) in [6.45, 7) is 6.30. The van der Waals surface area contributed by atoms with E-state index >= 15 is 0 Å². The average molecular weight is 229 g/mol. The van der Waals surface area contributed by atoms with Gasteiger partial charge in [-0.2, -0.15) is 0 Å². The molecule has 0 saturated heterocycles. The van der Waals surface area contributed by atoms with Crippen molar-refractivity contribution in [1.29, 1.82) is 0 Å². The summed E-state index contributed by atoms with van der Waals surface area (Å²) in [5.74, 6) is 2.24. The van der Waals surface area contributed by atoms with E-state index in [-0.39, 0.29) is 6.04 Å². The Labute approximate surface area is 102 Å². The lowest BCUT2D eigenvalue weighted by atomic mass is 10.0. The van der Waals surface area contributed by atoms with E-state index in [0.29, 0.717) is 5.92 Å². The van der Waals surface area contributed by atoms with Crippen molar-refractivity contribution in [3.05, 3.63) is 47.7 Å². The van der Waals surface area contributed by atoms with Crippen LogP contribution in [0.3, 0.4) is 0 Å². The molecule has 0 amide bonds. The van der Waals surface area contributed by atoms with E-state index in [1.165, 1.54) is 5.56 Å². The van der Waals surface area contributed by atoms with Gasteiger partial charge in [0.2, 0.25) is 0 Å². The first kappa shape index (κ1) is 11.9. The van der Waals surface area contributed by atoms with Crippen LogP contribution < -0.4 is 5.73 Å². The van der Waals surface area contributed by atoms with Gasteiger partial charge in [0.25, 0.3) is 0 Å². The lowest BCUT2D eigenvalue weighted by Crippen LogP contribution is -2.02. The van der Waals surface area contributed by atoms with Crippen molar-refractivity contribution >= 4 is 0 Å². The largest absolute Gasteiger partial charge is 0.459 e. The molecular formula is C15H19NO.